The van der Waals surface area contributed by atoms with Crippen LogP contribution in [0.2, 0.25) is 0 Å². The zero-order valence-corrected chi connectivity index (χ0v) is 23.1. The van der Waals surface area contributed by atoms with E-state index in [1.54, 1.807) is 30.6 Å². The van der Waals surface area contributed by atoms with Crippen molar-refractivity contribution in [2.45, 2.75) is 59.0 Å². The van der Waals surface area contributed by atoms with Gasteiger partial charge in [-0.05, 0) is 56.0 Å². The van der Waals surface area contributed by atoms with Crippen molar-refractivity contribution in [2.24, 2.45) is 0 Å². The molecule has 0 aliphatic carbocycles. The third-order valence-electron chi connectivity index (χ3n) is 7.07. The summed E-state index contributed by atoms with van der Waals surface area (Å²) < 4.78 is 13.5. The number of carbonyl (C=O) groups is 2. The van der Waals surface area contributed by atoms with Gasteiger partial charge in [0, 0.05) is 31.0 Å². The molecule has 2 aromatic carbocycles. The van der Waals surface area contributed by atoms with E-state index >= 15 is 0 Å². The molecule has 1 saturated heterocycles. The highest BCUT2D eigenvalue weighted by Gasteiger charge is 2.46. The Balaban J connectivity index is 1.74. The zero-order chi connectivity index (χ0) is 27.9. The number of ketones is 1. The molecule has 1 aliphatic heterocycles. The number of aliphatic hydroxyl groups is 1. The fourth-order valence-electron chi connectivity index (χ4n) is 4.94. The average molecular weight is 532 g/mol. The van der Waals surface area contributed by atoms with Gasteiger partial charge in [-0.1, -0.05) is 43.5 Å². The molecule has 8 heteroatoms. The first kappa shape index (κ1) is 28.0. The first-order chi connectivity index (χ1) is 18.8. The van der Waals surface area contributed by atoms with Crippen molar-refractivity contribution in [1.29, 1.82) is 0 Å². The van der Waals surface area contributed by atoms with Gasteiger partial charge in [-0.3, -0.25) is 9.59 Å². The molecular formula is C31H37N3O5. The van der Waals surface area contributed by atoms with Crippen molar-refractivity contribution < 1.29 is 24.2 Å². The van der Waals surface area contributed by atoms with E-state index < -0.39 is 17.7 Å². The smallest absolute Gasteiger partial charge is 0.295 e. The lowest BCUT2D eigenvalue weighted by atomic mass is 9.93. The summed E-state index contributed by atoms with van der Waals surface area (Å²) in [4.78, 5) is 32.4. The van der Waals surface area contributed by atoms with Gasteiger partial charge in [0.25, 0.3) is 11.7 Å². The van der Waals surface area contributed by atoms with Gasteiger partial charge in [-0.15, -0.1) is 0 Å². The molecule has 2 heterocycles. The second-order valence-electron chi connectivity index (χ2n) is 9.93. The molecule has 1 amide bonds. The second-order valence-corrected chi connectivity index (χ2v) is 9.93. The van der Waals surface area contributed by atoms with Crippen LogP contribution in [0.4, 0.5) is 0 Å². The Morgan fingerprint density at radius 2 is 1.85 bits per heavy atom. The van der Waals surface area contributed by atoms with Gasteiger partial charge in [-0.2, -0.15) is 0 Å². The summed E-state index contributed by atoms with van der Waals surface area (Å²) >= 11 is 0. The molecule has 1 aromatic heterocycles. The Morgan fingerprint density at radius 3 is 2.56 bits per heavy atom. The molecule has 0 radical (unpaired) electrons. The molecule has 39 heavy (non-hydrogen) atoms. The van der Waals surface area contributed by atoms with Gasteiger partial charge in [0.2, 0.25) is 0 Å². The van der Waals surface area contributed by atoms with E-state index in [4.69, 9.17) is 9.47 Å². The fraction of sp³-hybridized carbons (Fsp3) is 0.387. The maximum absolute atomic E-state index is 13.4. The Hall–Kier alpha value is -4.07. The number of benzene rings is 2. The molecule has 8 nitrogen and oxygen atoms in total. The molecule has 1 atom stereocenters. The molecule has 0 bridgehead atoms. The summed E-state index contributed by atoms with van der Waals surface area (Å²) in [6.45, 7) is 7.47. The molecule has 3 aromatic rings. The van der Waals surface area contributed by atoms with Crippen LogP contribution in [-0.2, 0) is 16.1 Å². The van der Waals surface area contributed by atoms with Crippen LogP contribution in [-0.4, -0.2) is 51.5 Å². The Bertz CT molecular complexity index is 1350. The van der Waals surface area contributed by atoms with Crippen LogP contribution in [0.5, 0.6) is 11.5 Å². The highest BCUT2D eigenvalue weighted by Crippen LogP contribution is 2.42. The lowest BCUT2D eigenvalue weighted by Crippen LogP contribution is -2.31. The molecule has 1 aliphatic rings. The summed E-state index contributed by atoms with van der Waals surface area (Å²) in [6, 6.07) is 10.4. The molecular weight excluding hydrogens is 494 g/mol. The maximum atomic E-state index is 13.4. The summed E-state index contributed by atoms with van der Waals surface area (Å²) in [5.41, 5.74) is 3.05. The van der Waals surface area contributed by atoms with Crippen LogP contribution < -0.4 is 9.47 Å². The normalized spacial score (nSPS) is 16.6. The lowest BCUT2D eigenvalue weighted by Gasteiger charge is -2.26. The van der Waals surface area contributed by atoms with Gasteiger partial charge in [-0.25, -0.2) is 4.98 Å². The van der Waals surface area contributed by atoms with Crippen LogP contribution >= 0.6 is 0 Å². The van der Waals surface area contributed by atoms with Gasteiger partial charge in [0.15, 0.2) is 11.5 Å². The zero-order valence-electron chi connectivity index (χ0n) is 23.1. The van der Waals surface area contributed by atoms with Crippen LogP contribution in [0, 0.1) is 13.8 Å². The number of aliphatic hydroxyl groups excluding tert-OH is 1. The van der Waals surface area contributed by atoms with E-state index in [-0.39, 0.29) is 11.3 Å². The highest BCUT2D eigenvalue weighted by atomic mass is 16.5. The van der Waals surface area contributed by atoms with Gasteiger partial charge >= 0.3 is 0 Å². The Morgan fingerprint density at radius 1 is 1.03 bits per heavy atom. The van der Waals surface area contributed by atoms with E-state index in [9.17, 15) is 14.7 Å². The predicted octanol–water partition coefficient (Wildman–Crippen LogP) is 5.59. The molecule has 4 rings (SSSR count). The minimum absolute atomic E-state index is 0.0787. The number of rotatable bonds is 12. The number of likely N-dealkylation sites (tertiary alicyclic amines) is 1. The van der Waals surface area contributed by atoms with Crippen molar-refractivity contribution in [2.75, 3.05) is 20.3 Å². The number of amides is 1. The molecule has 1 N–H and O–H groups in total. The maximum Gasteiger partial charge on any atom is 0.295 e. The molecule has 206 valence electrons. The van der Waals surface area contributed by atoms with Crippen molar-refractivity contribution in [3.8, 4) is 11.5 Å². The van der Waals surface area contributed by atoms with Crippen LogP contribution in [0.25, 0.3) is 5.76 Å². The number of nitrogens with zero attached hydrogens (tertiary/aromatic N) is 3. The molecule has 0 spiro atoms. The van der Waals surface area contributed by atoms with Crippen LogP contribution in [0.3, 0.4) is 0 Å². The monoisotopic (exact) mass is 531 g/mol. The van der Waals surface area contributed by atoms with Gasteiger partial charge in [0.05, 0.1) is 31.7 Å². The van der Waals surface area contributed by atoms with Crippen molar-refractivity contribution in [3.05, 3.63) is 82.9 Å². The van der Waals surface area contributed by atoms with E-state index in [2.05, 4.69) is 11.9 Å². The first-order valence-electron chi connectivity index (χ1n) is 13.5. The second kappa shape index (κ2) is 12.7. The van der Waals surface area contributed by atoms with Crippen molar-refractivity contribution in [1.82, 2.24) is 14.5 Å². The van der Waals surface area contributed by atoms with E-state index in [1.807, 2.05) is 54.9 Å². The van der Waals surface area contributed by atoms with E-state index in [1.165, 1.54) is 0 Å². The number of unbranched alkanes of at least 4 members (excludes halogenated alkanes) is 2. The minimum Gasteiger partial charge on any atom is -0.507 e. The summed E-state index contributed by atoms with van der Waals surface area (Å²) in [6.07, 6.45) is 9.00. The Labute approximate surface area is 229 Å². The number of Topliss-reactive ketones (excluding diaryl/α,β-unsaturated/α-hetero) is 1. The van der Waals surface area contributed by atoms with Gasteiger partial charge in [0.1, 0.15) is 5.76 Å². The molecule has 1 unspecified atom stereocenters. The van der Waals surface area contributed by atoms with Gasteiger partial charge < -0.3 is 24.0 Å². The quantitative estimate of drug-likeness (QED) is 0.142. The number of ether oxygens (including phenoxy) is 2. The number of aromatic nitrogens is 2. The summed E-state index contributed by atoms with van der Waals surface area (Å²) in [7, 11) is 1.57. The van der Waals surface area contributed by atoms with Crippen molar-refractivity contribution in [3.63, 3.8) is 0 Å². The van der Waals surface area contributed by atoms with Crippen LogP contribution in [0.15, 0.2) is 60.7 Å². The SMILES string of the molecule is CCCCCOc1ccc(C2/C(=C(\O)c3cc(C)ccc3C)C(=O)C(=O)N2CCCn2ccnc2)cc1OC. The summed E-state index contributed by atoms with van der Waals surface area (Å²) in [5.74, 6) is -0.379. The third-order valence-corrected chi connectivity index (χ3v) is 7.07. The fourth-order valence-corrected chi connectivity index (χ4v) is 4.94. The molecule has 0 saturated carbocycles. The number of methoxy groups -OCH3 is 1. The minimum atomic E-state index is -0.768. The number of hydrogen-bond acceptors (Lipinski definition) is 6. The Kier molecular flexibility index (Phi) is 9.07. The number of hydrogen-bond donors (Lipinski definition) is 1. The number of aryl methyl sites for hydroxylation is 3. The van der Waals surface area contributed by atoms with E-state index in [0.29, 0.717) is 48.7 Å². The largest absolute Gasteiger partial charge is 0.507 e. The summed E-state index contributed by atoms with van der Waals surface area (Å²) in [5, 5.41) is 11.5. The van der Waals surface area contributed by atoms with Crippen LogP contribution in [0.1, 0.15) is 60.9 Å². The number of carbonyl (C=O) groups excluding carboxylic acids is 2. The topological polar surface area (TPSA) is 93.9 Å². The van der Waals surface area contributed by atoms with E-state index in [0.717, 1.165) is 30.4 Å². The predicted molar refractivity (Wildman–Crippen MR) is 150 cm³/mol. The highest BCUT2D eigenvalue weighted by molar-refractivity contribution is 6.46. The number of imidazole rings is 1. The third kappa shape index (κ3) is 6.16. The van der Waals surface area contributed by atoms with Crippen molar-refractivity contribution >= 4 is 17.4 Å². The first-order valence-corrected chi connectivity index (χ1v) is 13.5. The standard InChI is InChI=1S/C31H37N3O5/c1-5-6-7-17-39-25-12-11-23(19-26(25)38-4)28-27(29(35)24-18-21(2)9-10-22(24)3)30(36)31(37)34(28)15-8-14-33-16-13-32-20-33/h9-13,16,18-20,28,35H,5-8,14-15,17H2,1-4H3/b29-27+. The lowest BCUT2D eigenvalue weighted by molar-refractivity contribution is -0.139. The molecule has 1 fully saturated rings. The average Bonchev–Trinajstić information content (AvgIpc) is 3.54.